The first-order valence-electron chi connectivity index (χ1n) is 11.8. The Morgan fingerprint density at radius 2 is 1.74 bits per heavy atom. The molecule has 1 N–H and O–H groups in total. The highest BCUT2D eigenvalue weighted by molar-refractivity contribution is 7.89. The van der Waals surface area contributed by atoms with Gasteiger partial charge in [0.15, 0.2) is 0 Å². The smallest absolute Gasteiger partial charge is 0.241 e. The first kappa shape index (κ1) is 25.8. The minimum atomic E-state index is -3.69. The number of nitrogens with one attached hydrogen (secondary N) is 1. The van der Waals surface area contributed by atoms with E-state index in [4.69, 9.17) is 16.3 Å². The van der Waals surface area contributed by atoms with Crippen LogP contribution in [0, 0.1) is 5.82 Å². The van der Waals surface area contributed by atoms with Crippen molar-refractivity contribution in [1.82, 2.24) is 19.5 Å². The molecule has 35 heavy (non-hydrogen) atoms. The Bertz CT molecular complexity index is 1230. The van der Waals surface area contributed by atoms with E-state index in [1.165, 1.54) is 18.2 Å². The Labute approximate surface area is 210 Å². The van der Waals surface area contributed by atoms with E-state index in [0.29, 0.717) is 41.4 Å². The lowest BCUT2D eigenvalue weighted by Gasteiger charge is -2.22. The summed E-state index contributed by atoms with van der Waals surface area (Å²) in [5, 5.41) is 0.942. The molecule has 0 unspecified atom stereocenters. The van der Waals surface area contributed by atoms with Gasteiger partial charge in [-0.2, -0.15) is 0 Å². The molecule has 0 radical (unpaired) electrons. The Hall–Kier alpha value is -2.30. The van der Waals surface area contributed by atoms with Crippen LogP contribution in [0.2, 0.25) is 5.02 Å². The molecular weight excluding hydrogens is 491 g/mol. The summed E-state index contributed by atoms with van der Waals surface area (Å²) >= 11 is 6.18. The first-order valence-corrected chi connectivity index (χ1v) is 13.6. The van der Waals surface area contributed by atoms with Gasteiger partial charge in [-0.15, -0.1) is 0 Å². The number of benzene rings is 2. The average Bonchev–Trinajstić information content (AvgIpc) is 3.08. The minimum absolute atomic E-state index is 0.190. The highest BCUT2D eigenvalue weighted by atomic mass is 35.5. The number of halogens is 2. The first-order chi connectivity index (χ1) is 16.9. The summed E-state index contributed by atoms with van der Waals surface area (Å²) < 4.78 is 47.3. The maximum absolute atomic E-state index is 13.0. The second kappa shape index (κ2) is 12.1. The summed E-state index contributed by atoms with van der Waals surface area (Å²) in [6.07, 6.45) is 3.51. The van der Waals surface area contributed by atoms with Crippen molar-refractivity contribution in [1.29, 1.82) is 0 Å². The summed E-state index contributed by atoms with van der Waals surface area (Å²) in [6.45, 7) is 6.23. The van der Waals surface area contributed by atoms with Gasteiger partial charge in [0.25, 0.3) is 0 Å². The third kappa shape index (κ3) is 7.11. The molecule has 10 heteroatoms. The van der Waals surface area contributed by atoms with Crippen LogP contribution in [0.25, 0.3) is 10.9 Å². The number of pyridine rings is 1. The van der Waals surface area contributed by atoms with E-state index < -0.39 is 10.0 Å². The lowest BCUT2D eigenvalue weighted by molar-refractivity contribution is 0.232. The van der Waals surface area contributed by atoms with Crippen LogP contribution in [0.1, 0.15) is 12.8 Å². The maximum Gasteiger partial charge on any atom is 0.241 e. The van der Waals surface area contributed by atoms with Gasteiger partial charge in [-0.25, -0.2) is 17.5 Å². The molecule has 3 aromatic rings. The van der Waals surface area contributed by atoms with Gasteiger partial charge in [0.1, 0.15) is 11.6 Å². The van der Waals surface area contributed by atoms with Crippen molar-refractivity contribution in [3.05, 3.63) is 65.6 Å². The van der Waals surface area contributed by atoms with E-state index >= 15 is 0 Å². The van der Waals surface area contributed by atoms with Crippen LogP contribution in [-0.2, 0) is 10.0 Å². The second-order valence-electron chi connectivity index (χ2n) is 8.54. The van der Waals surface area contributed by atoms with Gasteiger partial charge in [0.05, 0.1) is 22.0 Å². The van der Waals surface area contributed by atoms with E-state index in [1.54, 1.807) is 36.5 Å². The van der Waals surface area contributed by atoms with Crippen LogP contribution in [-0.4, -0.2) is 75.6 Å². The largest absolute Gasteiger partial charge is 0.494 e. The molecule has 2 aromatic carbocycles. The molecule has 7 nitrogen and oxygen atoms in total. The molecule has 0 amide bonds. The molecule has 0 saturated carbocycles. The summed E-state index contributed by atoms with van der Waals surface area (Å²) in [6, 6.07) is 12.6. The topological polar surface area (TPSA) is 74.8 Å². The highest BCUT2D eigenvalue weighted by Crippen LogP contribution is 2.27. The highest BCUT2D eigenvalue weighted by Gasteiger charge is 2.20. The molecule has 1 saturated heterocycles. The maximum atomic E-state index is 13.0. The Kier molecular flexibility index (Phi) is 8.91. The number of nitrogens with zero attached hydrogens (tertiary/aromatic N) is 3. The zero-order valence-electron chi connectivity index (χ0n) is 19.5. The third-order valence-corrected chi connectivity index (χ3v) is 7.90. The molecule has 0 spiro atoms. The van der Waals surface area contributed by atoms with Gasteiger partial charge >= 0.3 is 0 Å². The van der Waals surface area contributed by atoms with Crippen LogP contribution >= 0.6 is 11.6 Å². The molecule has 1 fully saturated rings. The Morgan fingerprint density at radius 3 is 2.51 bits per heavy atom. The van der Waals surface area contributed by atoms with Gasteiger partial charge in [-0.1, -0.05) is 11.6 Å². The van der Waals surface area contributed by atoms with E-state index in [1.807, 2.05) is 0 Å². The molecular formula is C25H30ClFN4O3S. The summed E-state index contributed by atoms with van der Waals surface area (Å²) in [5.74, 6) is 0.411. The molecule has 1 aliphatic rings. The minimum Gasteiger partial charge on any atom is -0.494 e. The van der Waals surface area contributed by atoms with Crippen molar-refractivity contribution in [2.24, 2.45) is 0 Å². The van der Waals surface area contributed by atoms with Gasteiger partial charge in [-0.3, -0.25) is 4.98 Å². The lowest BCUT2D eigenvalue weighted by atomic mass is 10.2. The third-order valence-electron chi connectivity index (χ3n) is 6.07. The zero-order valence-corrected chi connectivity index (χ0v) is 21.1. The van der Waals surface area contributed by atoms with Crippen molar-refractivity contribution < 1.29 is 17.5 Å². The SMILES string of the molecule is O=S(=O)(NCCN1CCCN(CCCOc2ccc(F)cc2)CC1)c1ccc(Cl)c2ncccc12. The molecule has 1 aliphatic heterocycles. The Balaban J connectivity index is 1.20. The normalized spacial score (nSPS) is 15.8. The number of rotatable bonds is 10. The second-order valence-corrected chi connectivity index (χ2v) is 10.7. The van der Waals surface area contributed by atoms with Gasteiger partial charge in [0, 0.05) is 44.3 Å². The number of fused-ring (bicyclic) bond motifs is 1. The molecule has 188 valence electrons. The summed E-state index contributed by atoms with van der Waals surface area (Å²) in [7, 11) is -3.69. The van der Waals surface area contributed by atoms with E-state index in [0.717, 1.165) is 45.6 Å². The molecule has 0 atom stereocenters. The zero-order chi connectivity index (χ0) is 24.7. The van der Waals surface area contributed by atoms with Crippen molar-refractivity contribution in [2.45, 2.75) is 17.7 Å². The molecule has 1 aromatic heterocycles. The van der Waals surface area contributed by atoms with Crippen LogP contribution in [0.4, 0.5) is 4.39 Å². The fourth-order valence-electron chi connectivity index (χ4n) is 4.24. The number of hydrogen-bond acceptors (Lipinski definition) is 6. The van der Waals surface area contributed by atoms with E-state index in [2.05, 4.69) is 19.5 Å². The molecule has 0 aliphatic carbocycles. The quantitative estimate of drug-likeness (QED) is 0.410. The van der Waals surface area contributed by atoms with Crippen LogP contribution in [0.3, 0.4) is 0 Å². The Morgan fingerprint density at radius 1 is 1.00 bits per heavy atom. The van der Waals surface area contributed by atoms with Crippen molar-refractivity contribution >= 4 is 32.5 Å². The van der Waals surface area contributed by atoms with Crippen molar-refractivity contribution in [3.8, 4) is 5.75 Å². The number of ether oxygens (including phenoxy) is 1. The predicted octanol–water partition coefficient (Wildman–Crippen LogP) is 3.78. The van der Waals surface area contributed by atoms with E-state index in [9.17, 15) is 12.8 Å². The number of sulfonamides is 1. The summed E-state index contributed by atoms with van der Waals surface area (Å²) in [4.78, 5) is 9.10. The van der Waals surface area contributed by atoms with Gasteiger partial charge in [0.2, 0.25) is 10.0 Å². The molecule has 2 heterocycles. The van der Waals surface area contributed by atoms with Crippen LogP contribution in [0.15, 0.2) is 59.6 Å². The van der Waals surface area contributed by atoms with Gasteiger partial charge in [-0.05, 0) is 74.5 Å². The molecule has 0 bridgehead atoms. The van der Waals surface area contributed by atoms with Crippen LogP contribution in [0.5, 0.6) is 5.75 Å². The molecule has 4 rings (SSSR count). The number of aromatic nitrogens is 1. The van der Waals surface area contributed by atoms with E-state index in [-0.39, 0.29) is 10.7 Å². The number of hydrogen-bond donors (Lipinski definition) is 1. The fraction of sp³-hybridized carbons (Fsp3) is 0.400. The van der Waals surface area contributed by atoms with Crippen LogP contribution < -0.4 is 9.46 Å². The van der Waals surface area contributed by atoms with Crippen molar-refractivity contribution in [2.75, 3.05) is 52.4 Å². The lowest BCUT2D eigenvalue weighted by Crippen LogP contribution is -2.37. The standard InChI is InChI=1S/C25H30ClFN4O3S/c26-23-9-10-24(22-4-1-11-28-25(22)23)35(32,33)29-12-16-31-14-2-13-30(17-18-31)15-3-19-34-21-7-5-20(27)6-8-21/h1,4-11,29H,2-3,12-19H2. The van der Waals surface area contributed by atoms with Crippen molar-refractivity contribution in [3.63, 3.8) is 0 Å². The van der Waals surface area contributed by atoms with Gasteiger partial charge < -0.3 is 14.5 Å². The summed E-state index contributed by atoms with van der Waals surface area (Å²) in [5.41, 5.74) is 0.479. The predicted molar refractivity (Wildman–Crippen MR) is 136 cm³/mol. The monoisotopic (exact) mass is 520 g/mol. The average molecular weight is 521 g/mol. The fourth-order valence-corrected chi connectivity index (χ4v) is 5.67.